The van der Waals surface area contributed by atoms with Gasteiger partial charge >= 0.3 is 14.8 Å². The molecule has 0 saturated carbocycles. The van der Waals surface area contributed by atoms with Crippen LogP contribution in [0, 0.1) is 14.8 Å². The van der Waals surface area contributed by atoms with Gasteiger partial charge in [0.1, 0.15) is 0 Å². The average molecular weight is 326 g/mol. The first kappa shape index (κ1) is 9.44. The van der Waals surface area contributed by atoms with E-state index in [1.165, 1.54) is 0 Å². The maximum absolute atomic E-state index is 8.63. The summed E-state index contributed by atoms with van der Waals surface area (Å²) in [6.07, 6.45) is 0. The third-order valence-electron chi connectivity index (χ3n) is 0. The van der Waals surface area contributed by atoms with E-state index in [2.05, 4.69) is 0 Å². The summed E-state index contributed by atoms with van der Waals surface area (Å²) >= 11 is -3.40. The van der Waals surface area contributed by atoms with Crippen LogP contribution in [0.15, 0.2) is 0 Å². The second-order valence-electron chi connectivity index (χ2n) is 0.201. The zero-order valence-electron chi connectivity index (χ0n) is 1.94. The first-order valence-corrected chi connectivity index (χ1v) is 2.48. The molecule has 5 heavy (non-hydrogen) atoms. The van der Waals surface area contributed by atoms with Crippen molar-refractivity contribution < 1.29 is 49.8 Å². The first-order valence-electron chi connectivity index (χ1n) is 0.478. The van der Waals surface area contributed by atoms with E-state index >= 15 is 0 Å². The topological polar surface area (TPSA) is 66.3 Å². The summed E-state index contributed by atoms with van der Waals surface area (Å²) in [6.45, 7) is 0. The van der Waals surface area contributed by atoms with E-state index in [9.17, 15) is 0 Å². The minimum atomic E-state index is -3.40. The van der Waals surface area contributed by atoms with Gasteiger partial charge in [-0.3, -0.25) is 0 Å². The maximum Gasteiger partial charge on any atom is 0.433 e. The Balaban J connectivity index is 0. The van der Waals surface area contributed by atoms with Crippen LogP contribution < -0.4 is 8.40 Å². The fourth-order valence-corrected chi connectivity index (χ4v) is 0. The molecule has 0 aliphatic rings. The molecule has 0 aromatic carbocycles. The Morgan fingerprint density at radius 3 is 1.40 bits per heavy atom. The molecule has 0 heterocycles. The van der Waals surface area contributed by atoms with Crippen LogP contribution in [-0.4, -0.2) is 4.20 Å². The van der Waals surface area contributed by atoms with Gasteiger partial charge in [0.15, 0.2) is 0 Å². The molecule has 0 aliphatic heterocycles. The van der Waals surface area contributed by atoms with Gasteiger partial charge in [0.05, 0.1) is 0 Å². The minimum absolute atomic E-state index is 0. The van der Waals surface area contributed by atoms with Crippen LogP contribution in [0.25, 0.3) is 0 Å². The van der Waals surface area contributed by atoms with Crippen molar-refractivity contribution in [2.45, 2.75) is 0 Å². The van der Waals surface area contributed by atoms with Crippen molar-refractivity contribution in [1.82, 2.24) is 0 Å². The molecule has 0 unspecified atom stereocenters. The Hall–Kier alpha value is 1.10. The zero-order valence-corrected chi connectivity index (χ0v) is 5.70. The fraction of sp³-hybridized carbons (Fsp3) is 0. The molecule has 0 aromatic heterocycles. The molecule has 0 fully saturated rings. The molecule has 1 radical (unpaired) electrons. The van der Waals surface area contributed by atoms with E-state index in [0.29, 0.717) is 0 Å². The summed E-state index contributed by atoms with van der Waals surface area (Å²) in [6, 6.07) is 0. The molecule has 0 atom stereocenters. The first-order chi connectivity index (χ1) is 1.73. The smallest absolute Gasteiger partial charge is 0.372 e. The fourth-order valence-electron chi connectivity index (χ4n) is 0. The van der Waals surface area contributed by atoms with E-state index in [1.807, 2.05) is 0 Å². The molecular formula is HAuBrO3. The van der Waals surface area contributed by atoms with Crippen molar-refractivity contribution >= 4 is 0 Å². The second-order valence-corrected chi connectivity index (χ2v) is 1.04. The van der Waals surface area contributed by atoms with Gasteiger partial charge in [-0.05, 0) is 4.20 Å². The number of hydrogen-bond donors (Lipinski definition) is 1. The molecular weight excluding hydrogens is 325 g/mol. The summed E-state index contributed by atoms with van der Waals surface area (Å²) in [4.78, 5) is 0. The average Bonchev–Trinajstić information content (AvgIpc) is 0.811. The number of rotatable bonds is 0. The molecule has 0 rings (SSSR count). The SMILES string of the molecule is [Au].[O-][Br+2]([O-])O. The van der Waals surface area contributed by atoms with Gasteiger partial charge in [0, 0.05) is 22.4 Å². The van der Waals surface area contributed by atoms with Crippen LogP contribution in [-0.2, 0) is 22.4 Å². The van der Waals surface area contributed by atoms with E-state index in [0.717, 1.165) is 0 Å². The van der Waals surface area contributed by atoms with Crippen molar-refractivity contribution in [1.29, 1.82) is 0 Å². The summed E-state index contributed by atoms with van der Waals surface area (Å²) in [5, 5.41) is 0. The van der Waals surface area contributed by atoms with E-state index < -0.39 is 14.8 Å². The number of hydrogen-bond acceptors (Lipinski definition) is 3. The van der Waals surface area contributed by atoms with Gasteiger partial charge in [-0.25, -0.2) is 0 Å². The van der Waals surface area contributed by atoms with Gasteiger partial charge in [-0.1, -0.05) is 0 Å². The summed E-state index contributed by atoms with van der Waals surface area (Å²) in [7, 11) is 0. The van der Waals surface area contributed by atoms with Crippen LogP contribution in [0.5, 0.6) is 0 Å². The van der Waals surface area contributed by atoms with Crippen molar-refractivity contribution in [3.8, 4) is 0 Å². The summed E-state index contributed by atoms with van der Waals surface area (Å²) in [5.41, 5.74) is 0. The number of halogens is 1. The molecule has 0 amide bonds. The predicted octanol–water partition coefficient (Wildman–Crippen LogP) is -2.94. The normalized spacial score (nSPS) is 7.20. The third-order valence-corrected chi connectivity index (χ3v) is 0. The summed E-state index contributed by atoms with van der Waals surface area (Å²) < 4.78 is 24.3. The van der Waals surface area contributed by atoms with Gasteiger partial charge in [0.25, 0.3) is 0 Å². The maximum atomic E-state index is 8.63. The van der Waals surface area contributed by atoms with Crippen molar-refractivity contribution in [2.75, 3.05) is 0 Å². The van der Waals surface area contributed by atoms with E-state index in [4.69, 9.17) is 12.6 Å². The van der Waals surface area contributed by atoms with Crippen LogP contribution in [0.4, 0.5) is 0 Å². The Kier molecular flexibility index (Phi) is 9.63. The molecule has 0 aromatic rings. The van der Waals surface area contributed by atoms with Crippen molar-refractivity contribution in [3.05, 3.63) is 0 Å². The Morgan fingerprint density at radius 2 is 1.40 bits per heavy atom. The van der Waals surface area contributed by atoms with Crippen LogP contribution >= 0.6 is 0 Å². The monoisotopic (exact) mass is 325 g/mol. The zero-order chi connectivity index (χ0) is 3.58. The van der Waals surface area contributed by atoms with Crippen molar-refractivity contribution in [3.63, 3.8) is 0 Å². The minimum Gasteiger partial charge on any atom is -0.372 e. The molecule has 0 aliphatic carbocycles. The van der Waals surface area contributed by atoms with Crippen LogP contribution in [0.2, 0.25) is 0 Å². The second kappa shape index (κ2) is 5.10. The standard InChI is InChI=1S/Au.BrHO3/c;2-1(3)4/h;2H. The van der Waals surface area contributed by atoms with Gasteiger partial charge in [-0.2, -0.15) is 0 Å². The van der Waals surface area contributed by atoms with Crippen LogP contribution in [0.1, 0.15) is 0 Å². The quantitative estimate of drug-likeness (QED) is 0.485. The molecule has 0 saturated heterocycles. The van der Waals surface area contributed by atoms with Gasteiger partial charge in [0.2, 0.25) is 0 Å². The molecule has 0 bridgehead atoms. The molecule has 37 valence electrons. The Labute approximate surface area is 50.0 Å². The molecule has 3 nitrogen and oxygen atoms in total. The predicted molar refractivity (Wildman–Crippen MR) is 2.22 cm³/mol. The Morgan fingerprint density at radius 1 is 1.40 bits per heavy atom. The molecule has 5 heteroatoms. The van der Waals surface area contributed by atoms with Gasteiger partial charge < -0.3 is 8.40 Å². The summed E-state index contributed by atoms with van der Waals surface area (Å²) in [5.74, 6) is 0. The van der Waals surface area contributed by atoms with Crippen LogP contribution in [0.3, 0.4) is 0 Å². The third kappa shape index (κ3) is 40.5. The van der Waals surface area contributed by atoms with Crippen molar-refractivity contribution in [2.24, 2.45) is 0 Å². The van der Waals surface area contributed by atoms with Gasteiger partial charge in [-0.15, -0.1) is 0 Å². The van der Waals surface area contributed by atoms with E-state index in [1.54, 1.807) is 0 Å². The largest absolute Gasteiger partial charge is 0.433 e. The molecule has 0 spiro atoms. The Bertz CT molecular complexity index is 11.6. The molecule has 1 N–H and O–H groups in total. The van der Waals surface area contributed by atoms with E-state index in [-0.39, 0.29) is 22.4 Å².